The molecular formula is C37H51IO9. The Hall–Kier alpha value is -1.97. The molecule has 0 radical (unpaired) electrons. The van der Waals surface area contributed by atoms with Gasteiger partial charge in [-0.15, -0.1) is 0 Å². The third-order valence-electron chi connectivity index (χ3n) is 6.91. The van der Waals surface area contributed by atoms with Crippen molar-refractivity contribution in [3.63, 3.8) is 0 Å². The van der Waals surface area contributed by atoms with Gasteiger partial charge in [-0.3, -0.25) is 0 Å². The Morgan fingerprint density at radius 1 is 0.319 bits per heavy atom. The van der Waals surface area contributed by atoms with Gasteiger partial charge in [-0.2, -0.15) is 0 Å². The van der Waals surface area contributed by atoms with Gasteiger partial charge in [-0.1, -0.05) is 114 Å². The molecule has 0 fully saturated rings. The van der Waals surface area contributed by atoms with Crippen LogP contribution in [0.3, 0.4) is 0 Å². The summed E-state index contributed by atoms with van der Waals surface area (Å²) in [6, 6.07) is 31.0. The maximum Gasteiger partial charge on any atom is 0.143 e. The van der Waals surface area contributed by atoms with Crippen LogP contribution in [0.15, 0.2) is 91.0 Å². The van der Waals surface area contributed by atoms with Gasteiger partial charge in [0.2, 0.25) is 0 Å². The summed E-state index contributed by atoms with van der Waals surface area (Å²) in [6.07, 6.45) is 0. The summed E-state index contributed by atoms with van der Waals surface area (Å²) in [5.74, 6) is 0. The Kier molecular flexibility index (Phi) is 22.6. The molecule has 0 aromatic heterocycles. The Balaban J connectivity index is 1.16. The molecule has 0 spiro atoms. The van der Waals surface area contributed by atoms with Crippen LogP contribution in [0, 0.1) is 0 Å². The van der Waals surface area contributed by atoms with Crippen molar-refractivity contribution in [2.75, 3.05) is 117 Å². The highest BCUT2D eigenvalue weighted by Crippen LogP contribution is 2.40. The number of rotatable bonds is 30. The lowest BCUT2D eigenvalue weighted by Gasteiger charge is -2.36. The largest absolute Gasteiger partial charge is 0.378 e. The molecular weight excluding hydrogens is 715 g/mol. The molecule has 3 rings (SSSR count). The van der Waals surface area contributed by atoms with E-state index in [9.17, 15) is 0 Å². The van der Waals surface area contributed by atoms with Gasteiger partial charge in [0.25, 0.3) is 0 Å². The van der Waals surface area contributed by atoms with Gasteiger partial charge in [0.15, 0.2) is 0 Å². The van der Waals surface area contributed by atoms with E-state index in [1.165, 1.54) is 0 Å². The Morgan fingerprint density at radius 2 is 0.553 bits per heavy atom. The van der Waals surface area contributed by atoms with Crippen molar-refractivity contribution >= 4 is 22.6 Å². The molecule has 260 valence electrons. The van der Waals surface area contributed by atoms with Gasteiger partial charge in [0.05, 0.1) is 112 Å². The van der Waals surface area contributed by atoms with Gasteiger partial charge in [0, 0.05) is 4.43 Å². The molecule has 10 heteroatoms. The molecule has 9 nitrogen and oxygen atoms in total. The molecule has 0 saturated heterocycles. The first-order chi connectivity index (χ1) is 23.4. The zero-order valence-corrected chi connectivity index (χ0v) is 29.6. The number of halogens is 1. The molecule has 0 saturated carbocycles. The maximum absolute atomic E-state index is 6.72. The lowest BCUT2D eigenvalue weighted by molar-refractivity contribution is -0.0398. The minimum atomic E-state index is -0.744. The minimum Gasteiger partial charge on any atom is -0.378 e. The highest BCUT2D eigenvalue weighted by Gasteiger charge is 2.37. The van der Waals surface area contributed by atoms with Gasteiger partial charge in [0.1, 0.15) is 5.60 Å². The van der Waals surface area contributed by atoms with Crippen LogP contribution in [-0.2, 0) is 48.2 Å². The zero-order chi connectivity index (χ0) is 32.9. The number of hydrogen-bond donors (Lipinski definition) is 0. The van der Waals surface area contributed by atoms with Crippen LogP contribution in [0.25, 0.3) is 0 Å². The third kappa shape index (κ3) is 16.3. The monoisotopic (exact) mass is 766 g/mol. The summed E-state index contributed by atoms with van der Waals surface area (Å²) >= 11 is 2.28. The standard InChI is InChI=1S/C37H51IO9/c38-16-17-39-18-19-40-20-21-41-22-23-42-24-25-43-26-27-44-28-29-45-30-31-46-32-33-47-37(34-10-4-1-5-11-34,35-12-6-2-7-13-35)36-14-8-3-9-15-36/h1-15H,16-33H2. The molecule has 0 aliphatic carbocycles. The first-order valence-electron chi connectivity index (χ1n) is 16.4. The predicted octanol–water partition coefficient (Wildman–Crippen LogP) is 5.56. The predicted molar refractivity (Wildman–Crippen MR) is 191 cm³/mol. The average molecular weight is 767 g/mol. The van der Waals surface area contributed by atoms with E-state index in [1.807, 2.05) is 54.6 Å². The third-order valence-corrected chi connectivity index (χ3v) is 7.35. The lowest BCUT2D eigenvalue weighted by atomic mass is 9.80. The number of ether oxygens (including phenoxy) is 9. The molecule has 0 amide bonds. The van der Waals surface area contributed by atoms with E-state index < -0.39 is 5.60 Å². The fraction of sp³-hybridized carbons (Fsp3) is 0.514. The normalized spacial score (nSPS) is 11.7. The second kappa shape index (κ2) is 26.9. The van der Waals surface area contributed by atoms with Crippen molar-refractivity contribution < 1.29 is 42.6 Å². The molecule has 3 aromatic rings. The number of hydrogen-bond acceptors (Lipinski definition) is 9. The fourth-order valence-corrected chi connectivity index (χ4v) is 5.03. The average Bonchev–Trinajstić information content (AvgIpc) is 3.12. The lowest BCUT2D eigenvalue weighted by Crippen LogP contribution is -2.34. The van der Waals surface area contributed by atoms with E-state index in [4.69, 9.17) is 42.6 Å². The number of benzene rings is 3. The molecule has 0 atom stereocenters. The SMILES string of the molecule is ICCOCCOCCOCCOCCOCCOCCOCCOCCOC(c1ccccc1)(c1ccccc1)c1ccccc1. The highest BCUT2D eigenvalue weighted by atomic mass is 127. The van der Waals surface area contributed by atoms with E-state index in [1.54, 1.807) is 0 Å². The second-order valence-electron chi connectivity index (χ2n) is 10.2. The summed E-state index contributed by atoms with van der Waals surface area (Å²) in [5, 5.41) is 0. The highest BCUT2D eigenvalue weighted by molar-refractivity contribution is 14.1. The first kappa shape index (κ1) is 39.5. The van der Waals surface area contributed by atoms with E-state index in [0.717, 1.165) is 27.7 Å². The van der Waals surface area contributed by atoms with Crippen LogP contribution >= 0.6 is 22.6 Å². The van der Waals surface area contributed by atoms with Crippen LogP contribution in [0.5, 0.6) is 0 Å². The summed E-state index contributed by atoms with van der Waals surface area (Å²) < 4.78 is 52.0. The smallest absolute Gasteiger partial charge is 0.143 e. The summed E-state index contributed by atoms with van der Waals surface area (Å²) in [5.41, 5.74) is 2.47. The Bertz CT molecular complexity index is 1010. The minimum absolute atomic E-state index is 0.422. The van der Waals surface area contributed by atoms with Crippen molar-refractivity contribution in [1.29, 1.82) is 0 Å². The van der Waals surface area contributed by atoms with Crippen LogP contribution < -0.4 is 0 Å². The quantitative estimate of drug-likeness (QED) is 0.0375. The fourth-order valence-electron chi connectivity index (χ4n) is 4.72. The van der Waals surface area contributed by atoms with Gasteiger partial charge < -0.3 is 42.6 Å². The van der Waals surface area contributed by atoms with E-state index in [-0.39, 0.29) is 0 Å². The van der Waals surface area contributed by atoms with E-state index in [2.05, 4.69) is 59.0 Å². The van der Waals surface area contributed by atoms with Crippen molar-refractivity contribution in [2.45, 2.75) is 5.60 Å². The zero-order valence-electron chi connectivity index (χ0n) is 27.4. The number of alkyl halides is 1. The topological polar surface area (TPSA) is 83.1 Å². The molecule has 0 bridgehead atoms. The van der Waals surface area contributed by atoms with Crippen molar-refractivity contribution in [3.05, 3.63) is 108 Å². The molecule has 0 aliphatic heterocycles. The summed E-state index contributed by atoms with van der Waals surface area (Å²) in [4.78, 5) is 0. The summed E-state index contributed by atoms with van der Waals surface area (Å²) in [6.45, 7) is 9.07. The maximum atomic E-state index is 6.72. The van der Waals surface area contributed by atoms with Crippen LogP contribution in [0.2, 0.25) is 0 Å². The van der Waals surface area contributed by atoms with E-state index >= 15 is 0 Å². The van der Waals surface area contributed by atoms with Gasteiger partial charge in [-0.05, 0) is 16.7 Å². The summed E-state index contributed by atoms with van der Waals surface area (Å²) in [7, 11) is 0. The van der Waals surface area contributed by atoms with Crippen LogP contribution in [-0.4, -0.2) is 117 Å². The van der Waals surface area contributed by atoms with Crippen molar-refractivity contribution in [2.24, 2.45) is 0 Å². The van der Waals surface area contributed by atoms with E-state index in [0.29, 0.717) is 106 Å². The van der Waals surface area contributed by atoms with Crippen molar-refractivity contribution in [1.82, 2.24) is 0 Å². The Morgan fingerprint density at radius 3 is 0.809 bits per heavy atom. The molecule has 0 N–H and O–H groups in total. The Labute approximate surface area is 294 Å². The first-order valence-corrected chi connectivity index (χ1v) is 17.9. The molecule has 47 heavy (non-hydrogen) atoms. The second-order valence-corrected chi connectivity index (χ2v) is 11.3. The van der Waals surface area contributed by atoms with Crippen LogP contribution in [0.4, 0.5) is 0 Å². The molecule has 0 aliphatic rings. The van der Waals surface area contributed by atoms with Gasteiger partial charge >= 0.3 is 0 Å². The van der Waals surface area contributed by atoms with Gasteiger partial charge in [-0.25, -0.2) is 0 Å². The van der Waals surface area contributed by atoms with Crippen molar-refractivity contribution in [3.8, 4) is 0 Å². The molecule has 0 unspecified atom stereocenters. The van der Waals surface area contributed by atoms with Crippen LogP contribution in [0.1, 0.15) is 16.7 Å². The molecule has 0 heterocycles. The molecule has 3 aromatic carbocycles.